The van der Waals surface area contributed by atoms with E-state index in [2.05, 4.69) is 5.32 Å². The first-order chi connectivity index (χ1) is 17.1. The van der Waals surface area contributed by atoms with Gasteiger partial charge in [-0.1, -0.05) is 60.7 Å². The van der Waals surface area contributed by atoms with Crippen molar-refractivity contribution in [2.75, 3.05) is 4.61 Å². The first kappa shape index (κ1) is 26.4. The number of fused-ring (bicyclic) bond motifs is 1. The van der Waals surface area contributed by atoms with Crippen LogP contribution in [-0.4, -0.2) is 55.5 Å². The van der Waals surface area contributed by atoms with Gasteiger partial charge in [-0.25, -0.2) is 9.59 Å². The van der Waals surface area contributed by atoms with Crippen LogP contribution in [0.2, 0.25) is 0 Å². The molecule has 2 aliphatic rings. The molecule has 190 valence electrons. The lowest BCUT2D eigenvalue weighted by Crippen LogP contribution is -2.73. The number of β-lactam (4-membered cyclic amide) rings is 1. The zero-order chi connectivity index (χ0) is 26.1. The third-order valence-electron chi connectivity index (χ3n) is 6.27. The molecule has 2 aliphatic heterocycles. The average molecular weight is 623 g/mol. The van der Waals surface area contributed by atoms with Gasteiger partial charge in [-0.3, -0.25) is 9.59 Å². The lowest BCUT2D eigenvalue weighted by molar-refractivity contribution is -0.166. The Kier molecular flexibility index (Phi) is 7.62. The average Bonchev–Trinajstić information content (AvgIpc) is 3.14. The van der Waals surface area contributed by atoms with E-state index in [4.69, 9.17) is 15.2 Å². The fourth-order valence-electron chi connectivity index (χ4n) is 4.40. The van der Waals surface area contributed by atoms with Crippen LogP contribution in [0.3, 0.4) is 0 Å². The van der Waals surface area contributed by atoms with Crippen LogP contribution in [-0.2, 0) is 40.8 Å². The van der Waals surface area contributed by atoms with Crippen molar-refractivity contribution < 1.29 is 28.7 Å². The third kappa shape index (κ3) is 4.71. The summed E-state index contributed by atoms with van der Waals surface area (Å²) in [4.78, 5) is 53.7. The molecule has 0 aromatic heterocycles. The van der Waals surface area contributed by atoms with Gasteiger partial charge >= 0.3 is 11.9 Å². The van der Waals surface area contributed by atoms with E-state index >= 15 is 0 Å². The monoisotopic (exact) mass is 623 g/mol. The number of benzene rings is 2. The maximum Gasteiger partial charge on any atom is 0.341 e. The molecule has 4 atom stereocenters. The van der Waals surface area contributed by atoms with Gasteiger partial charge in [0.15, 0.2) is 0 Å². The minimum atomic E-state index is -2.14. The summed E-state index contributed by atoms with van der Waals surface area (Å²) in [5, 5.41) is 2.13. The molecule has 2 heterocycles. The molecule has 0 saturated carbocycles. The van der Waals surface area contributed by atoms with E-state index in [9.17, 15) is 19.2 Å². The zero-order valence-corrected chi connectivity index (χ0v) is 22.7. The number of hydrogen-bond donors (Lipinski definition) is 2. The van der Waals surface area contributed by atoms with E-state index in [1.165, 1.54) is 16.7 Å². The number of carbonyl (C=O) groups is 4. The number of nitrogens with one attached hydrogen (secondary N) is 1. The van der Waals surface area contributed by atoms with E-state index in [1.807, 2.05) is 66.8 Å². The Labute approximate surface area is 226 Å². The molecule has 0 spiro atoms. The Morgan fingerprint density at radius 1 is 1.08 bits per heavy atom. The lowest BCUT2D eigenvalue weighted by Gasteiger charge is -2.44. The normalized spacial score (nSPS) is 23.6. The first-order valence-corrected chi connectivity index (χ1v) is 13.6. The van der Waals surface area contributed by atoms with Crippen molar-refractivity contribution in [1.82, 2.24) is 10.2 Å². The number of carbonyl (C=O) groups excluding carboxylic acids is 4. The molecular formula is C25H26IN3O6S. The highest BCUT2D eigenvalue weighted by atomic mass is 127. The Morgan fingerprint density at radius 2 is 1.69 bits per heavy atom. The van der Waals surface area contributed by atoms with Gasteiger partial charge in [-0.2, -0.15) is 0 Å². The van der Waals surface area contributed by atoms with E-state index in [-0.39, 0.29) is 16.8 Å². The summed E-state index contributed by atoms with van der Waals surface area (Å²) in [7, 11) is 0. The number of esters is 2. The molecule has 9 nitrogen and oxygen atoms in total. The molecule has 2 aromatic rings. The highest BCUT2D eigenvalue weighted by Crippen LogP contribution is 2.51. The largest absolute Gasteiger partial charge is 0.459 e. The molecule has 0 bridgehead atoms. The van der Waals surface area contributed by atoms with Crippen LogP contribution >= 0.6 is 34.4 Å². The summed E-state index contributed by atoms with van der Waals surface area (Å²) >= 11 is 3.22. The number of nitrogens with zero attached hydrogens (tertiary/aromatic N) is 1. The molecule has 2 saturated heterocycles. The van der Waals surface area contributed by atoms with Crippen LogP contribution in [0.15, 0.2) is 60.7 Å². The van der Waals surface area contributed by atoms with Crippen LogP contribution in [0.1, 0.15) is 25.0 Å². The number of ether oxygens (including phenoxy) is 2. The minimum Gasteiger partial charge on any atom is -0.459 e. The van der Waals surface area contributed by atoms with Gasteiger partial charge in [-0.15, -0.1) is 11.8 Å². The second-order valence-corrected chi connectivity index (χ2v) is 11.4. The van der Waals surface area contributed by atoms with Crippen molar-refractivity contribution in [3.8, 4) is 0 Å². The van der Waals surface area contributed by atoms with Gasteiger partial charge in [0, 0.05) is 4.75 Å². The van der Waals surface area contributed by atoms with Crippen LogP contribution in [0.25, 0.3) is 0 Å². The lowest BCUT2D eigenvalue weighted by atomic mass is 9.88. The van der Waals surface area contributed by atoms with Crippen LogP contribution < -0.4 is 11.1 Å². The van der Waals surface area contributed by atoms with E-state index < -0.39 is 51.5 Å². The van der Waals surface area contributed by atoms with Gasteiger partial charge < -0.3 is 25.4 Å². The number of hydrogen-bond acceptors (Lipinski definition) is 8. The quantitative estimate of drug-likeness (QED) is 0.151. The van der Waals surface area contributed by atoms with Crippen molar-refractivity contribution in [3.63, 3.8) is 0 Å². The standard InChI is InChI=1S/C25H26IN3O6S/c1-24(2)18(21(31)34-13-15-9-5-3-6-10-15)29-19(30)17(20(29)36-24)28-22(32)25(27,23(33)35-14-26)16-11-7-4-8-12-16/h3-12,17-18,20H,13-14,27H2,1-2H3,(H,28,32)/t17?,18-,20+,25?/m0/s1. The van der Waals surface area contributed by atoms with Crippen molar-refractivity contribution >= 4 is 58.1 Å². The predicted molar refractivity (Wildman–Crippen MR) is 142 cm³/mol. The molecular weight excluding hydrogens is 597 g/mol. The molecule has 11 heteroatoms. The highest BCUT2D eigenvalue weighted by Gasteiger charge is 2.65. The Bertz CT molecular complexity index is 1160. The van der Waals surface area contributed by atoms with Gasteiger partial charge in [0.05, 0.1) is 0 Å². The molecule has 36 heavy (non-hydrogen) atoms. The second kappa shape index (κ2) is 10.4. The zero-order valence-electron chi connectivity index (χ0n) is 19.7. The summed E-state index contributed by atoms with van der Waals surface area (Å²) in [5.41, 5.74) is 5.27. The van der Waals surface area contributed by atoms with Gasteiger partial charge in [0.1, 0.15) is 28.7 Å². The van der Waals surface area contributed by atoms with E-state index in [0.29, 0.717) is 0 Å². The van der Waals surface area contributed by atoms with Crippen LogP contribution in [0, 0.1) is 0 Å². The fraction of sp³-hybridized carbons (Fsp3) is 0.360. The number of thioether (sulfide) groups is 1. The number of halogens is 1. The van der Waals surface area contributed by atoms with Crippen molar-refractivity contribution in [2.45, 2.75) is 48.2 Å². The number of alkyl halides is 1. The maximum absolute atomic E-state index is 13.3. The molecule has 0 aliphatic carbocycles. The summed E-state index contributed by atoms with van der Waals surface area (Å²) < 4.78 is 9.94. The molecule has 0 radical (unpaired) electrons. The molecule has 2 fully saturated rings. The Hall–Kier alpha value is -2.64. The minimum absolute atomic E-state index is 0.00519. The summed E-state index contributed by atoms with van der Waals surface area (Å²) in [6.07, 6.45) is 0. The summed E-state index contributed by atoms with van der Waals surface area (Å²) in [5.74, 6) is -2.73. The molecule has 2 unspecified atom stereocenters. The van der Waals surface area contributed by atoms with Crippen molar-refractivity contribution in [2.24, 2.45) is 5.73 Å². The van der Waals surface area contributed by atoms with Crippen molar-refractivity contribution in [3.05, 3.63) is 71.8 Å². The third-order valence-corrected chi connectivity index (χ3v) is 8.15. The van der Waals surface area contributed by atoms with Gasteiger partial charge in [-0.05, 0) is 47.6 Å². The topological polar surface area (TPSA) is 128 Å². The number of amides is 2. The van der Waals surface area contributed by atoms with Crippen molar-refractivity contribution in [1.29, 1.82) is 0 Å². The smallest absolute Gasteiger partial charge is 0.341 e. The number of rotatable bonds is 8. The highest BCUT2D eigenvalue weighted by molar-refractivity contribution is 14.1. The van der Waals surface area contributed by atoms with E-state index in [1.54, 1.807) is 30.3 Å². The molecule has 2 amide bonds. The van der Waals surface area contributed by atoms with Crippen LogP contribution in [0.4, 0.5) is 0 Å². The Balaban J connectivity index is 1.50. The molecule has 4 rings (SSSR count). The SMILES string of the molecule is CC1(C)S[C@@H]2C(NC(=O)C(N)(C(=O)OCI)c3ccccc3)C(=O)N2[C@H]1C(=O)OCc1ccccc1. The Morgan fingerprint density at radius 3 is 2.31 bits per heavy atom. The summed E-state index contributed by atoms with van der Waals surface area (Å²) in [6, 6.07) is 15.6. The van der Waals surface area contributed by atoms with Gasteiger partial charge in [0.25, 0.3) is 5.91 Å². The number of nitrogens with two attached hydrogens (primary N) is 1. The van der Waals surface area contributed by atoms with E-state index in [0.717, 1.165) is 5.56 Å². The fourth-order valence-corrected chi connectivity index (χ4v) is 6.30. The maximum atomic E-state index is 13.3. The second-order valence-electron chi connectivity index (χ2n) is 9.02. The van der Waals surface area contributed by atoms with Gasteiger partial charge in [0.2, 0.25) is 11.4 Å². The van der Waals surface area contributed by atoms with Crippen LogP contribution in [0.5, 0.6) is 0 Å². The first-order valence-electron chi connectivity index (χ1n) is 11.2. The summed E-state index contributed by atoms with van der Waals surface area (Å²) in [6.45, 7) is 3.80. The molecule has 2 aromatic carbocycles. The predicted octanol–water partition coefficient (Wildman–Crippen LogP) is 2.07. The molecule has 3 N–H and O–H groups in total.